The number of unbranched alkanes of at least 4 members (excludes halogenated alkanes) is 4. The van der Waals surface area contributed by atoms with E-state index in [1.807, 2.05) is 33.8 Å². The zero-order valence-corrected chi connectivity index (χ0v) is 29.6. The Kier molecular flexibility index (Phi) is 13.5. The molecule has 0 fully saturated rings. The molecule has 1 amide bonds. The third kappa shape index (κ3) is 9.75. The van der Waals surface area contributed by atoms with Gasteiger partial charge < -0.3 is 29.2 Å². The number of esters is 2. The third-order valence-electron chi connectivity index (χ3n) is 8.13. The molecule has 2 heterocycles. The lowest BCUT2D eigenvalue weighted by Gasteiger charge is -2.32. The van der Waals surface area contributed by atoms with E-state index >= 15 is 0 Å². The lowest BCUT2D eigenvalue weighted by molar-refractivity contribution is -0.158. The first-order chi connectivity index (χ1) is 22.7. The van der Waals surface area contributed by atoms with Crippen molar-refractivity contribution in [1.82, 2.24) is 19.5 Å². The summed E-state index contributed by atoms with van der Waals surface area (Å²) in [7, 11) is 1.31. The molecule has 0 aliphatic rings. The van der Waals surface area contributed by atoms with E-state index in [2.05, 4.69) is 33.1 Å². The predicted octanol–water partition coefficient (Wildman–Crippen LogP) is 5.61. The summed E-state index contributed by atoms with van der Waals surface area (Å²) in [6, 6.07) is 3.70. The second-order valence-electron chi connectivity index (χ2n) is 12.6. The van der Waals surface area contributed by atoms with E-state index in [4.69, 9.17) is 32.2 Å². The van der Waals surface area contributed by atoms with E-state index in [-0.39, 0.29) is 41.1 Å². The molecule has 3 aromatic rings. The molecule has 2 N–H and O–H groups in total. The Morgan fingerprint density at radius 1 is 1.15 bits per heavy atom. The van der Waals surface area contributed by atoms with Crippen LogP contribution in [0, 0.1) is 26.2 Å². The van der Waals surface area contributed by atoms with Gasteiger partial charge in [-0.15, -0.1) is 6.42 Å². The van der Waals surface area contributed by atoms with E-state index in [9.17, 15) is 19.5 Å². The Balaban J connectivity index is 1.74. The number of hydrogen-bond acceptors (Lipinski definition) is 10. The molecule has 260 valence electrons. The minimum absolute atomic E-state index is 0.0829. The van der Waals surface area contributed by atoms with Crippen LogP contribution in [0.3, 0.4) is 0 Å². The number of aromatic nitrogens is 4. The van der Waals surface area contributed by atoms with Crippen LogP contribution in [-0.2, 0) is 35.8 Å². The fraction of sp³-hybridized carbons (Fsp3) is 0.543. The number of halogens is 1. The number of aliphatic hydroxyl groups excluding tert-OH is 1. The molecule has 0 aliphatic heterocycles. The number of hydrogen-bond donors (Lipinski definition) is 2. The maximum absolute atomic E-state index is 13.2. The molecule has 2 atom stereocenters. The van der Waals surface area contributed by atoms with Crippen LogP contribution in [0.5, 0.6) is 5.75 Å². The zero-order valence-electron chi connectivity index (χ0n) is 28.8. The molecule has 2 aromatic heterocycles. The number of methoxy groups -OCH3 is 1. The zero-order chi connectivity index (χ0) is 35.6. The number of ether oxygens (including phenoxy) is 3. The first-order valence-corrected chi connectivity index (χ1v) is 16.4. The number of rotatable bonds is 17. The van der Waals surface area contributed by atoms with Crippen molar-refractivity contribution in [3.05, 3.63) is 40.4 Å². The molecule has 0 aliphatic carbocycles. The molecule has 0 saturated heterocycles. The van der Waals surface area contributed by atoms with Gasteiger partial charge in [0.2, 0.25) is 11.2 Å². The Bertz CT molecular complexity index is 1660. The van der Waals surface area contributed by atoms with Crippen molar-refractivity contribution in [2.75, 3.05) is 19.0 Å². The largest absolute Gasteiger partial charge is 0.461 e. The van der Waals surface area contributed by atoms with Crippen LogP contribution in [0.15, 0.2) is 18.5 Å². The summed E-state index contributed by atoms with van der Waals surface area (Å²) in [6.07, 6.45) is 11.1. The Labute approximate surface area is 286 Å². The van der Waals surface area contributed by atoms with Crippen molar-refractivity contribution in [2.45, 2.75) is 110 Å². The summed E-state index contributed by atoms with van der Waals surface area (Å²) in [6.45, 7) is 10.3. The lowest BCUT2D eigenvalue weighted by Crippen LogP contribution is -2.49. The van der Waals surface area contributed by atoms with Gasteiger partial charge in [-0.05, 0) is 49.1 Å². The Hall–Kier alpha value is -4.05. The second kappa shape index (κ2) is 16.9. The van der Waals surface area contributed by atoms with Gasteiger partial charge in [0.1, 0.15) is 18.5 Å². The van der Waals surface area contributed by atoms with Crippen LogP contribution in [-0.4, -0.2) is 67.9 Å². The van der Waals surface area contributed by atoms with Gasteiger partial charge in [-0.25, -0.2) is 4.98 Å². The molecular formula is C35H46ClN5O7. The highest BCUT2D eigenvalue weighted by atomic mass is 35.5. The minimum atomic E-state index is -1.73. The average molecular weight is 684 g/mol. The summed E-state index contributed by atoms with van der Waals surface area (Å²) in [5, 5.41) is 14.0. The number of nitrogens with zero attached hydrogens (tertiary/aromatic N) is 4. The van der Waals surface area contributed by atoms with Crippen molar-refractivity contribution in [2.24, 2.45) is 0 Å². The number of amides is 1. The quantitative estimate of drug-likeness (QED) is 0.0603. The molecule has 12 nitrogen and oxygen atoms in total. The maximum atomic E-state index is 13.2. The Morgan fingerprint density at radius 2 is 1.85 bits per heavy atom. The number of terminal acetylenes is 1. The lowest BCUT2D eigenvalue weighted by atomic mass is 9.78. The molecule has 1 unspecified atom stereocenters. The number of carbonyl (C=O) groups excluding carboxylic acids is 3. The van der Waals surface area contributed by atoms with Crippen LogP contribution in [0.25, 0.3) is 11.2 Å². The topological polar surface area (TPSA) is 155 Å². The highest BCUT2D eigenvalue weighted by Crippen LogP contribution is 2.38. The normalized spacial score (nSPS) is 13.4. The minimum Gasteiger partial charge on any atom is -0.461 e. The molecule has 0 saturated carbocycles. The van der Waals surface area contributed by atoms with Crippen LogP contribution in [0.4, 0.5) is 5.82 Å². The standard InChI is InChI=1S/C35H46ClN5O7/c1-9-11-12-13-14-15-27(44)38-31-30-32(40-33(36)39-31)41(21-37-30)19-26(43)35(10-2,46-8)20-47-28(45)18-34(6,7)29-23(4)16-22(3)17-25(29)48-24(5)42/h2,16-17,21,26,43H,9,11-15,18-20H2,1,3-8H3,(H,38,39,40,44)/t26-,35?/m0/s1. The molecular weight excluding hydrogens is 638 g/mol. The number of anilines is 1. The van der Waals surface area contributed by atoms with Crippen molar-refractivity contribution in [3.63, 3.8) is 0 Å². The van der Waals surface area contributed by atoms with Gasteiger partial charge in [0.15, 0.2) is 22.6 Å². The summed E-state index contributed by atoms with van der Waals surface area (Å²) >= 11 is 6.20. The third-order valence-corrected chi connectivity index (χ3v) is 8.30. The van der Waals surface area contributed by atoms with Crippen molar-refractivity contribution >= 4 is 46.4 Å². The van der Waals surface area contributed by atoms with Gasteiger partial charge >= 0.3 is 11.9 Å². The summed E-state index contributed by atoms with van der Waals surface area (Å²) in [5.41, 5.74) is 0.479. The van der Waals surface area contributed by atoms with E-state index in [0.717, 1.165) is 43.2 Å². The summed E-state index contributed by atoms with van der Waals surface area (Å²) in [4.78, 5) is 50.3. The van der Waals surface area contributed by atoms with Gasteiger partial charge in [-0.1, -0.05) is 58.4 Å². The number of carbonyl (C=O) groups is 3. The number of imidazole rings is 1. The molecule has 0 spiro atoms. The molecule has 48 heavy (non-hydrogen) atoms. The fourth-order valence-electron chi connectivity index (χ4n) is 5.76. The maximum Gasteiger partial charge on any atom is 0.308 e. The van der Waals surface area contributed by atoms with Crippen molar-refractivity contribution in [1.29, 1.82) is 0 Å². The molecule has 0 radical (unpaired) electrons. The van der Waals surface area contributed by atoms with E-state index < -0.39 is 35.7 Å². The molecule has 13 heteroatoms. The number of aliphatic hydroxyl groups is 1. The SMILES string of the molecule is C#CC(COC(=O)CC(C)(C)c1c(C)cc(C)cc1OC(C)=O)(OC)[C@@H](O)Cn1cnc2c(NC(=O)CCCCCCC)nc(Cl)nc21. The first kappa shape index (κ1) is 38.4. The molecule has 3 rings (SSSR count). The van der Waals surface area contributed by atoms with Crippen LogP contribution >= 0.6 is 11.6 Å². The van der Waals surface area contributed by atoms with Gasteiger partial charge in [-0.3, -0.25) is 14.4 Å². The summed E-state index contributed by atoms with van der Waals surface area (Å²) < 4.78 is 18.1. The molecule has 0 bridgehead atoms. The van der Waals surface area contributed by atoms with E-state index in [1.165, 1.54) is 24.9 Å². The fourth-order valence-corrected chi connectivity index (χ4v) is 5.93. The van der Waals surface area contributed by atoms with Crippen molar-refractivity contribution in [3.8, 4) is 18.1 Å². The first-order valence-electron chi connectivity index (χ1n) is 16.0. The van der Waals surface area contributed by atoms with Gasteiger partial charge in [0.25, 0.3) is 0 Å². The highest BCUT2D eigenvalue weighted by molar-refractivity contribution is 6.28. The average Bonchev–Trinajstić information content (AvgIpc) is 3.39. The van der Waals surface area contributed by atoms with Crippen LogP contribution in [0.1, 0.15) is 89.3 Å². The van der Waals surface area contributed by atoms with Crippen molar-refractivity contribution < 1.29 is 33.7 Å². The van der Waals surface area contributed by atoms with Gasteiger partial charge in [0, 0.05) is 31.4 Å². The van der Waals surface area contributed by atoms with Gasteiger partial charge in [0.05, 0.1) is 19.3 Å². The number of benzene rings is 1. The summed E-state index contributed by atoms with van der Waals surface area (Å²) in [5.74, 6) is 1.69. The number of nitrogens with one attached hydrogen (secondary N) is 1. The van der Waals surface area contributed by atoms with E-state index in [1.54, 1.807) is 6.07 Å². The Morgan fingerprint density at radius 3 is 2.50 bits per heavy atom. The number of aryl methyl sites for hydroxylation is 2. The monoisotopic (exact) mass is 683 g/mol. The van der Waals surface area contributed by atoms with Crippen LogP contribution in [0.2, 0.25) is 5.28 Å². The van der Waals surface area contributed by atoms with Gasteiger partial charge in [-0.2, -0.15) is 9.97 Å². The van der Waals surface area contributed by atoms with Crippen LogP contribution < -0.4 is 10.1 Å². The predicted molar refractivity (Wildman–Crippen MR) is 183 cm³/mol. The second-order valence-corrected chi connectivity index (χ2v) is 13.0. The smallest absolute Gasteiger partial charge is 0.308 e. The number of fused-ring (bicyclic) bond motifs is 1. The molecule has 1 aromatic carbocycles. The van der Waals surface area contributed by atoms with E-state index in [0.29, 0.717) is 17.7 Å². The highest BCUT2D eigenvalue weighted by Gasteiger charge is 2.40.